The first-order valence-electron chi connectivity index (χ1n) is 6.69. The van der Waals surface area contributed by atoms with Gasteiger partial charge in [-0.1, -0.05) is 29.3 Å². The summed E-state index contributed by atoms with van der Waals surface area (Å²) in [7, 11) is 0. The SMILES string of the molecule is O=C(COC(=O)/C=C/c1ccc([N+](=O)[O-])o1)Nc1c(Cl)cccc1Cl. The molecule has 1 N–H and O–H groups in total. The van der Waals surface area contributed by atoms with Crippen molar-refractivity contribution in [1.82, 2.24) is 0 Å². The van der Waals surface area contributed by atoms with Crippen molar-refractivity contribution < 1.29 is 23.7 Å². The van der Waals surface area contributed by atoms with E-state index in [1.807, 2.05) is 0 Å². The maximum Gasteiger partial charge on any atom is 0.433 e. The van der Waals surface area contributed by atoms with Gasteiger partial charge in [-0.15, -0.1) is 0 Å². The van der Waals surface area contributed by atoms with Crippen molar-refractivity contribution in [1.29, 1.82) is 0 Å². The fourth-order valence-electron chi connectivity index (χ4n) is 1.66. The highest BCUT2D eigenvalue weighted by Gasteiger charge is 2.12. The lowest BCUT2D eigenvalue weighted by Crippen LogP contribution is -2.20. The largest absolute Gasteiger partial charge is 0.452 e. The number of carbonyl (C=O) groups is 2. The Bertz CT molecular complexity index is 826. The molecule has 1 amide bonds. The summed E-state index contributed by atoms with van der Waals surface area (Å²) in [6.45, 7) is -0.566. The molecule has 0 aliphatic heterocycles. The van der Waals surface area contributed by atoms with Gasteiger partial charge in [0.1, 0.15) is 10.7 Å². The van der Waals surface area contributed by atoms with Crippen molar-refractivity contribution in [3.05, 3.63) is 62.3 Å². The summed E-state index contributed by atoms with van der Waals surface area (Å²) < 4.78 is 9.56. The lowest BCUT2D eigenvalue weighted by atomic mass is 10.3. The molecular formula is C15H10Cl2N2O6. The average Bonchev–Trinajstić information content (AvgIpc) is 3.04. The summed E-state index contributed by atoms with van der Waals surface area (Å²) in [4.78, 5) is 33.0. The molecule has 0 saturated heterocycles. The second kappa shape index (κ2) is 8.32. The summed E-state index contributed by atoms with van der Waals surface area (Å²) in [5, 5.41) is 13.4. The summed E-state index contributed by atoms with van der Waals surface area (Å²) in [5.41, 5.74) is 0.213. The molecule has 0 atom stereocenters. The van der Waals surface area contributed by atoms with Gasteiger partial charge in [0.05, 0.1) is 21.8 Å². The summed E-state index contributed by atoms with van der Waals surface area (Å²) >= 11 is 11.8. The average molecular weight is 385 g/mol. The Kier molecular flexibility index (Phi) is 6.15. The van der Waals surface area contributed by atoms with Crippen molar-refractivity contribution in [2.45, 2.75) is 0 Å². The topological polar surface area (TPSA) is 112 Å². The fraction of sp³-hybridized carbons (Fsp3) is 0.0667. The van der Waals surface area contributed by atoms with Gasteiger partial charge < -0.3 is 14.5 Å². The number of furan rings is 1. The molecule has 0 unspecified atom stereocenters. The number of ether oxygens (including phenoxy) is 1. The smallest absolute Gasteiger partial charge is 0.433 e. The number of esters is 1. The zero-order valence-corrected chi connectivity index (χ0v) is 13.9. The molecule has 8 nitrogen and oxygen atoms in total. The minimum Gasteiger partial charge on any atom is -0.452 e. The van der Waals surface area contributed by atoms with Gasteiger partial charge in [0.25, 0.3) is 5.91 Å². The molecule has 2 aromatic rings. The van der Waals surface area contributed by atoms with E-state index in [1.165, 1.54) is 12.1 Å². The van der Waals surface area contributed by atoms with Gasteiger partial charge in [0, 0.05) is 6.08 Å². The molecule has 1 aromatic carbocycles. The van der Waals surface area contributed by atoms with Crippen LogP contribution in [0.25, 0.3) is 6.08 Å². The number of nitrogens with one attached hydrogen (secondary N) is 1. The lowest BCUT2D eigenvalue weighted by Gasteiger charge is -2.08. The molecule has 0 saturated carbocycles. The lowest BCUT2D eigenvalue weighted by molar-refractivity contribution is -0.402. The Morgan fingerprint density at radius 3 is 2.52 bits per heavy atom. The summed E-state index contributed by atoms with van der Waals surface area (Å²) in [6, 6.07) is 7.16. The van der Waals surface area contributed by atoms with Crippen LogP contribution < -0.4 is 5.32 Å². The highest BCUT2D eigenvalue weighted by atomic mass is 35.5. The zero-order valence-electron chi connectivity index (χ0n) is 12.4. The molecule has 1 aromatic heterocycles. The number of nitro groups is 1. The number of para-hydroxylation sites is 1. The van der Waals surface area contributed by atoms with Gasteiger partial charge in [-0.05, 0) is 24.3 Å². The van der Waals surface area contributed by atoms with Gasteiger partial charge in [-0.2, -0.15) is 0 Å². The second-order valence-corrected chi connectivity index (χ2v) is 5.33. The Labute approximate surface area is 151 Å². The third-order valence-electron chi connectivity index (χ3n) is 2.75. The predicted molar refractivity (Wildman–Crippen MR) is 90.4 cm³/mol. The normalized spacial score (nSPS) is 10.6. The van der Waals surface area contributed by atoms with Crippen molar-refractivity contribution in [2.24, 2.45) is 0 Å². The Morgan fingerprint density at radius 2 is 1.92 bits per heavy atom. The maximum atomic E-state index is 11.8. The van der Waals surface area contributed by atoms with E-state index < -0.39 is 29.3 Å². The van der Waals surface area contributed by atoms with E-state index >= 15 is 0 Å². The van der Waals surface area contributed by atoms with Crippen LogP contribution in [0.15, 0.2) is 40.8 Å². The van der Waals surface area contributed by atoms with Gasteiger partial charge >= 0.3 is 11.9 Å². The second-order valence-electron chi connectivity index (χ2n) is 4.52. The van der Waals surface area contributed by atoms with E-state index in [-0.39, 0.29) is 21.5 Å². The van der Waals surface area contributed by atoms with E-state index in [4.69, 9.17) is 32.4 Å². The number of hydrogen-bond donors (Lipinski definition) is 1. The van der Waals surface area contributed by atoms with E-state index in [1.54, 1.807) is 18.2 Å². The highest BCUT2D eigenvalue weighted by Crippen LogP contribution is 2.29. The molecule has 0 aliphatic carbocycles. The molecule has 10 heteroatoms. The molecule has 0 aliphatic rings. The van der Waals surface area contributed by atoms with Gasteiger partial charge in [0.2, 0.25) is 0 Å². The predicted octanol–water partition coefficient (Wildman–Crippen LogP) is 3.69. The van der Waals surface area contributed by atoms with Crippen molar-refractivity contribution in [2.75, 3.05) is 11.9 Å². The van der Waals surface area contributed by atoms with E-state index in [2.05, 4.69) is 5.32 Å². The molecule has 0 spiro atoms. The third-order valence-corrected chi connectivity index (χ3v) is 3.38. The van der Waals surface area contributed by atoms with Crippen molar-refractivity contribution in [3.8, 4) is 0 Å². The van der Waals surface area contributed by atoms with Crippen LogP contribution in [0.5, 0.6) is 0 Å². The number of halogens is 2. The zero-order chi connectivity index (χ0) is 18.4. The first-order chi connectivity index (χ1) is 11.9. The standard InChI is InChI=1S/C15H10Cl2N2O6/c16-10-2-1-3-11(17)15(10)18-12(20)8-24-14(21)7-5-9-4-6-13(25-9)19(22)23/h1-7H,8H2,(H,18,20)/b7-5+. The van der Waals surface area contributed by atoms with Crippen LogP contribution in [-0.2, 0) is 14.3 Å². The first-order valence-corrected chi connectivity index (χ1v) is 7.45. The number of carbonyl (C=O) groups excluding carboxylic acids is 2. The quantitative estimate of drug-likeness (QED) is 0.351. The van der Waals surface area contributed by atoms with Crippen LogP contribution in [-0.4, -0.2) is 23.4 Å². The van der Waals surface area contributed by atoms with Crippen LogP contribution in [0.3, 0.4) is 0 Å². The highest BCUT2D eigenvalue weighted by molar-refractivity contribution is 6.39. The van der Waals surface area contributed by atoms with E-state index in [9.17, 15) is 19.7 Å². The monoisotopic (exact) mass is 384 g/mol. The number of hydrogen-bond acceptors (Lipinski definition) is 6. The van der Waals surface area contributed by atoms with Crippen LogP contribution in [0.1, 0.15) is 5.76 Å². The minimum atomic E-state index is -0.834. The molecule has 25 heavy (non-hydrogen) atoms. The molecule has 0 fully saturated rings. The van der Waals surface area contributed by atoms with Crippen LogP contribution in [0, 0.1) is 10.1 Å². The fourth-order valence-corrected chi connectivity index (χ4v) is 2.15. The van der Waals surface area contributed by atoms with Gasteiger partial charge in [0.15, 0.2) is 6.61 Å². The molecule has 130 valence electrons. The van der Waals surface area contributed by atoms with E-state index in [0.717, 1.165) is 12.1 Å². The molecule has 2 rings (SSSR count). The van der Waals surface area contributed by atoms with Crippen LogP contribution in [0.4, 0.5) is 11.6 Å². The van der Waals surface area contributed by atoms with E-state index in [0.29, 0.717) is 0 Å². The van der Waals surface area contributed by atoms with Crippen molar-refractivity contribution >= 4 is 52.7 Å². The minimum absolute atomic E-state index is 0.0935. The summed E-state index contributed by atoms with van der Waals surface area (Å²) in [5.74, 6) is -1.83. The molecular weight excluding hydrogens is 375 g/mol. The van der Waals surface area contributed by atoms with Gasteiger partial charge in [-0.3, -0.25) is 14.9 Å². The number of benzene rings is 1. The third kappa shape index (κ3) is 5.33. The van der Waals surface area contributed by atoms with Gasteiger partial charge in [-0.25, -0.2) is 4.79 Å². The Balaban J connectivity index is 1.85. The number of anilines is 1. The number of amides is 1. The molecule has 0 bridgehead atoms. The van der Waals surface area contributed by atoms with Crippen LogP contribution in [0.2, 0.25) is 10.0 Å². The first kappa shape index (κ1) is 18.5. The number of rotatable bonds is 6. The number of nitrogens with zero attached hydrogens (tertiary/aromatic N) is 1. The van der Waals surface area contributed by atoms with Crippen LogP contribution >= 0.6 is 23.2 Å². The maximum absolute atomic E-state index is 11.8. The summed E-state index contributed by atoms with van der Waals surface area (Å²) in [6.07, 6.45) is 2.15. The molecule has 0 radical (unpaired) electrons. The Hall–Kier alpha value is -2.84. The van der Waals surface area contributed by atoms with Crippen molar-refractivity contribution in [3.63, 3.8) is 0 Å². The molecule has 1 heterocycles. The Morgan fingerprint density at radius 1 is 1.24 bits per heavy atom.